The average molecular weight is 1700 g/mol. The van der Waals surface area contributed by atoms with E-state index >= 15 is 0 Å². The van der Waals surface area contributed by atoms with Crippen molar-refractivity contribution in [3.05, 3.63) is 107 Å². The van der Waals surface area contributed by atoms with Crippen LogP contribution in [0.25, 0.3) is 0 Å². The molecule has 0 aromatic heterocycles. The summed E-state index contributed by atoms with van der Waals surface area (Å²) >= 11 is 0. The molecule has 0 heterocycles. The van der Waals surface area contributed by atoms with Crippen molar-refractivity contribution < 1.29 is 64.1 Å². The smallest absolute Gasteiger partial charge is 0.744 e. The van der Waals surface area contributed by atoms with Crippen molar-refractivity contribution >= 4 is 81.9 Å². The zero-order valence-corrected chi connectivity index (χ0v) is 79.1. The van der Waals surface area contributed by atoms with Gasteiger partial charge in [-0.3, -0.25) is 0 Å². The maximum Gasteiger partial charge on any atom is 2.00 e. The molecule has 0 unspecified atom stereocenters. The summed E-state index contributed by atoms with van der Waals surface area (Å²) in [7, 11) is -10.0. The van der Waals surface area contributed by atoms with Crippen LogP contribution in [-0.2, 0) is 39.2 Å². The molecule has 117 heavy (non-hydrogen) atoms. The Morgan fingerprint density at radius 1 is 0.239 bits per heavy atom. The Kier molecular flexibility index (Phi) is 81.9. The standard InChI is InChI=1S/2C50H86O7S.Ca/c2*1-3-5-7-9-11-13-15-17-19-21-23-25-27-29-31-33-35-37-39-44-56-49(51)46-42-41-43-47(58(53,54)55)48(46)50(52)57-45-40-38-36-34-32-30-28-26-24-22-20-18-16-14-12-10-8-6-4-2;/h2*11-14,41-43H,3-10,15-40,44-45H2,1-2H3,(H,53,54,55);/q;;+2/p-2/b2*13-11+,14-12+;. The first-order valence-electron chi connectivity index (χ1n) is 48.1. The molecular weight excluding hydrogens is 1530 g/mol. The number of rotatable bonds is 82. The third-order valence-corrected chi connectivity index (χ3v) is 23.8. The quantitative estimate of drug-likeness (QED) is 0.0150. The second kappa shape index (κ2) is 84.6. The van der Waals surface area contributed by atoms with E-state index in [1.165, 1.54) is 358 Å². The first kappa shape index (κ1) is 113. The molecule has 0 saturated carbocycles. The fraction of sp³-hybridized carbons (Fsp3) is 0.760. The minimum atomic E-state index is -5.02. The van der Waals surface area contributed by atoms with Crippen molar-refractivity contribution in [2.24, 2.45) is 0 Å². The van der Waals surface area contributed by atoms with Gasteiger partial charge in [-0.1, -0.05) is 397 Å². The molecule has 14 nitrogen and oxygen atoms in total. The van der Waals surface area contributed by atoms with Crippen molar-refractivity contribution in [3.8, 4) is 0 Å². The third-order valence-electron chi connectivity index (χ3n) is 22.0. The summed E-state index contributed by atoms with van der Waals surface area (Å²) in [5.41, 5.74) is -1.55. The molecule has 0 radical (unpaired) electrons. The second-order valence-corrected chi connectivity index (χ2v) is 35.5. The Labute approximate surface area is 747 Å². The van der Waals surface area contributed by atoms with Crippen LogP contribution in [0.4, 0.5) is 0 Å². The van der Waals surface area contributed by atoms with Gasteiger partial charge in [0.15, 0.2) is 0 Å². The molecule has 2 aromatic carbocycles. The van der Waals surface area contributed by atoms with E-state index in [-0.39, 0.29) is 75.3 Å². The summed E-state index contributed by atoms with van der Waals surface area (Å²) in [6.45, 7) is 9.48. The number of hydrogen-bond acceptors (Lipinski definition) is 14. The Bertz CT molecular complexity index is 2810. The van der Waals surface area contributed by atoms with Crippen LogP contribution >= 0.6 is 0 Å². The van der Waals surface area contributed by atoms with E-state index in [1.807, 2.05) is 0 Å². The van der Waals surface area contributed by atoms with Crippen molar-refractivity contribution in [1.29, 1.82) is 0 Å². The zero-order chi connectivity index (χ0) is 84.4. The number of unbranched alkanes of at least 4 members (excludes halogenated alkanes) is 60. The monoisotopic (exact) mass is 1700 g/mol. The molecule has 668 valence electrons. The molecule has 0 aliphatic heterocycles. The van der Waals surface area contributed by atoms with Crippen LogP contribution in [0.15, 0.2) is 94.8 Å². The van der Waals surface area contributed by atoms with Crippen LogP contribution in [-0.4, -0.2) is 114 Å². The van der Waals surface area contributed by atoms with Gasteiger partial charge in [0, 0.05) is 0 Å². The van der Waals surface area contributed by atoms with Crippen LogP contribution in [0.5, 0.6) is 0 Å². The number of carbonyl (C=O) groups is 4. The first-order chi connectivity index (χ1) is 56.6. The van der Waals surface area contributed by atoms with Gasteiger partial charge in [0.2, 0.25) is 0 Å². The number of ether oxygens (including phenoxy) is 4. The summed E-state index contributed by atoms with van der Waals surface area (Å²) < 4.78 is 93.7. The van der Waals surface area contributed by atoms with Gasteiger partial charge in [0.05, 0.1) is 58.5 Å². The summed E-state index contributed by atoms with van der Waals surface area (Å²) in [5, 5.41) is 0. The van der Waals surface area contributed by atoms with Gasteiger partial charge in [0.1, 0.15) is 20.2 Å². The maximum absolute atomic E-state index is 13.0. The fourth-order valence-corrected chi connectivity index (χ4v) is 16.1. The maximum atomic E-state index is 13.0. The van der Waals surface area contributed by atoms with Gasteiger partial charge in [0.25, 0.3) is 0 Å². The normalized spacial score (nSPS) is 11.8. The topological polar surface area (TPSA) is 220 Å². The fourth-order valence-electron chi connectivity index (χ4n) is 14.7. The molecule has 0 atom stereocenters. The largest absolute Gasteiger partial charge is 2.00 e. The van der Waals surface area contributed by atoms with Gasteiger partial charge >= 0.3 is 61.6 Å². The second-order valence-electron chi connectivity index (χ2n) is 32.8. The van der Waals surface area contributed by atoms with E-state index in [9.17, 15) is 45.1 Å². The number of hydrogen-bond donors (Lipinski definition) is 0. The Balaban J connectivity index is 0.00000228. The van der Waals surface area contributed by atoms with Crippen molar-refractivity contribution in [2.75, 3.05) is 26.4 Å². The molecule has 0 fully saturated rings. The van der Waals surface area contributed by atoms with E-state index in [0.717, 1.165) is 89.2 Å². The van der Waals surface area contributed by atoms with Crippen LogP contribution in [0.1, 0.15) is 506 Å². The van der Waals surface area contributed by atoms with Crippen LogP contribution in [0.3, 0.4) is 0 Å². The summed E-state index contributed by atoms with van der Waals surface area (Å²) in [5.74, 6) is -3.61. The van der Waals surface area contributed by atoms with Crippen molar-refractivity contribution in [2.45, 2.75) is 474 Å². The number of carbonyl (C=O) groups excluding carboxylic acids is 4. The van der Waals surface area contributed by atoms with E-state index in [0.29, 0.717) is 25.7 Å². The molecule has 0 aliphatic carbocycles. The Hall–Kier alpha value is -3.64. The molecule has 0 spiro atoms. The minimum Gasteiger partial charge on any atom is -0.744 e. The summed E-state index contributed by atoms with van der Waals surface area (Å²) in [6, 6.07) is 7.28. The number of benzene rings is 2. The van der Waals surface area contributed by atoms with E-state index in [2.05, 4.69) is 76.3 Å². The predicted octanol–water partition coefficient (Wildman–Crippen LogP) is 30.3. The number of esters is 4. The molecule has 2 rings (SSSR count). The summed E-state index contributed by atoms with van der Waals surface area (Å²) in [4.78, 5) is 50.5. The zero-order valence-electron chi connectivity index (χ0n) is 75.2. The van der Waals surface area contributed by atoms with E-state index in [1.54, 1.807) is 0 Å². The molecule has 0 aliphatic rings. The van der Waals surface area contributed by atoms with Gasteiger partial charge in [-0.15, -0.1) is 0 Å². The third kappa shape index (κ3) is 69.5. The van der Waals surface area contributed by atoms with Crippen LogP contribution in [0, 0.1) is 0 Å². The SMILES string of the molecule is CCCCC/C=C/CCCCCCCCCCCCCCOC(=O)c1cccc(S(=O)(=O)[O-])c1C(=O)OCCCCCCCCCCCCCC/C=C/CCCCC.CCCCC/C=C/CCCCCCCCCCCCCCOC(=O)c1cccc(S(=O)(=O)[O-])c1C(=O)OCCCCCCCCCCCCCC/C=C/CCCCC.[Ca+2]. The predicted molar refractivity (Wildman–Crippen MR) is 489 cm³/mol. The molecule has 0 saturated heterocycles. The van der Waals surface area contributed by atoms with Crippen LogP contribution in [0.2, 0.25) is 0 Å². The minimum absolute atomic E-state index is 0. The van der Waals surface area contributed by atoms with Gasteiger partial charge in [-0.25, -0.2) is 36.0 Å². The molecule has 2 aromatic rings. The average Bonchev–Trinajstić information content (AvgIpc) is 0.796. The van der Waals surface area contributed by atoms with Gasteiger partial charge < -0.3 is 28.1 Å². The Morgan fingerprint density at radius 2 is 0.393 bits per heavy atom. The van der Waals surface area contributed by atoms with Crippen molar-refractivity contribution in [1.82, 2.24) is 0 Å². The van der Waals surface area contributed by atoms with E-state index < -0.39 is 65.0 Å². The van der Waals surface area contributed by atoms with E-state index in [4.69, 9.17) is 18.9 Å². The molecule has 0 bridgehead atoms. The van der Waals surface area contributed by atoms with Gasteiger partial charge in [-0.05, 0) is 153 Å². The Morgan fingerprint density at radius 3 is 0.564 bits per heavy atom. The molecule has 0 amide bonds. The number of allylic oxidation sites excluding steroid dienone is 8. The molecule has 0 N–H and O–H groups in total. The molecule has 17 heteroatoms. The molecular formula is C100H170CaO14S2. The summed E-state index contributed by atoms with van der Waals surface area (Å²) in [6.07, 6.45) is 101. The first-order valence-corrected chi connectivity index (χ1v) is 50.9. The van der Waals surface area contributed by atoms with Crippen molar-refractivity contribution in [3.63, 3.8) is 0 Å². The van der Waals surface area contributed by atoms with Gasteiger partial charge in [-0.2, -0.15) is 0 Å². The van der Waals surface area contributed by atoms with Crippen LogP contribution < -0.4 is 0 Å².